The highest BCUT2D eigenvalue weighted by Crippen LogP contribution is 2.13. The molecule has 0 aliphatic heterocycles. The van der Waals surface area contributed by atoms with Crippen LogP contribution in [-0.2, 0) is 4.79 Å². The number of nitrogens with zero attached hydrogens (tertiary/aromatic N) is 2. The van der Waals surface area contributed by atoms with Gasteiger partial charge in [0.25, 0.3) is 11.5 Å². The number of hydrogen-bond donors (Lipinski definition) is 2. The van der Waals surface area contributed by atoms with Crippen molar-refractivity contribution in [2.75, 3.05) is 6.54 Å². The van der Waals surface area contributed by atoms with Gasteiger partial charge in [-0.15, -0.1) is 0 Å². The summed E-state index contributed by atoms with van der Waals surface area (Å²) in [4.78, 5) is 35.1. The van der Waals surface area contributed by atoms with Crippen molar-refractivity contribution in [2.45, 2.75) is 13.8 Å². The van der Waals surface area contributed by atoms with Crippen LogP contribution in [0.2, 0.25) is 0 Å². The maximum Gasteiger partial charge on any atom is 0.310 e. The van der Waals surface area contributed by atoms with Gasteiger partial charge in [0.15, 0.2) is 0 Å². The third-order valence-corrected chi connectivity index (χ3v) is 3.30. The van der Waals surface area contributed by atoms with Crippen molar-refractivity contribution < 1.29 is 14.7 Å². The van der Waals surface area contributed by atoms with Gasteiger partial charge in [-0.1, -0.05) is 18.2 Å². The number of rotatable bonds is 5. The van der Waals surface area contributed by atoms with Gasteiger partial charge < -0.3 is 10.4 Å². The smallest absolute Gasteiger partial charge is 0.310 e. The van der Waals surface area contributed by atoms with Crippen LogP contribution < -0.4 is 10.9 Å². The van der Waals surface area contributed by atoms with Crippen LogP contribution in [0.4, 0.5) is 0 Å². The molecular formula is C16H17N3O4. The minimum absolute atomic E-state index is 0.0367. The Kier molecular flexibility index (Phi) is 4.59. The number of carbonyl (C=O) groups excluding carboxylic acids is 1. The van der Waals surface area contributed by atoms with Gasteiger partial charge in [-0.2, -0.15) is 9.78 Å². The van der Waals surface area contributed by atoms with Crippen molar-refractivity contribution >= 4 is 11.9 Å². The van der Waals surface area contributed by atoms with Crippen LogP contribution in [0.15, 0.2) is 47.3 Å². The number of aliphatic carboxylic acids is 1. The molecule has 2 aromatic rings. The zero-order chi connectivity index (χ0) is 17.0. The highest BCUT2D eigenvalue weighted by Gasteiger charge is 2.28. The van der Waals surface area contributed by atoms with E-state index in [0.717, 1.165) is 4.68 Å². The molecule has 1 aromatic heterocycles. The standard InChI is InChI=1S/C16H17N3O4/c1-16(2,15(22)23)10-17-14(21)12-8-9-13(20)19(18-12)11-6-4-3-5-7-11/h3-9H,10H2,1-2H3,(H,17,21)(H,22,23). The van der Waals surface area contributed by atoms with Gasteiger partial charge in [-0.05, 0) is 32.0 Å². The Morgan fingerprint density at radius 3 is 2.43 bits per heavy atom. The molecule has 0 unspecified atom stereocenters. The van der Waals surface area contributed by atoms with E-state index < -0.39 is 17.3 Å². The predicted molar refractivity (Wildman–Crippen MR) is 83.6 cm³/mol. The number of carbonyl (C=O) groups is 2. The summed E-state index contributed by atoms with van der Waals surface area (Å²) in [7, 11) is 0. The molecule has 0 radical (unpaired) electrons. The van der Waals surface area contributed by atoms with Gasteiger partial charge in [0.1, 0.15) is 5.69 Å². The molecule has 0 saturated heterocycles. The summed E-state index contributed by atoms with van der Waals surface area (Å²) < 4.78 is 1.12. The van der Waals surface area contributed by atoms with E-state index in [9.17, 15) is 14.4 Å². The van der Waals surface area contributed by atoms with Crippen LogP contribution in [0.3, 0.4) is 0 Å². The van der Waals surface area contributed by atoms with Crippen molar-refractivity contribution in [3.63, 3.8) is 0 Å². The Hall–Kier alpha value is -2.96. The van der Waals surface area contributed by atoms with Gasteiger partial charge in [0, 0.05) is 12.6 Å². The zero-order valence-electron chi connectivity index (χ0n) is 12.8. The molecule has 7 heteroatoms. The van der Waals surface area contributed by atoms with Gasteiger partial charge in [0.2, 0.25) is 0 Å². The number of hydrogen-bond acceptors (Lipinski definition) is 4. The molecule has 0 fully saturated rings. The number of amides is 1. The Bertz CT molecular complexity index is 781. The van der Waals surface area contributed by atoms with E-state index in [1.807, 2.05) is 0 Å². The maximum atomic E-state index is 12.1. The molecular weight excluding hydrogens is 298 g/mol. The molecule has 23 heavy (non-hydrogen) atoms. The van der Waals surface area contributed by atoms with E-state index in [2.05, 4.69) is 10.4 Å². The predicted octanol–water partition coefficient (Wildman–Crippen LogP) is 1.07. The van der Waals surface area contributed by atoms with Crippen LogP contribution in [0, 0.1) is 5.41 Å². The molecule has 0 spiro atoms. The number of aromatic nitrogens is 2. The molecule has 1 aromatic carbocycles. The van der Waals surface area contributed by atoms with Crippen LogP contribution in [0.25, 0.3) is 5.69 Å². The van der Waals surface area contributed by atoms with E-state index in [0.29, 0.717) is 5.69 Å². The van der Waals surface area contributed by atoms with Crippen LogP contribution >= 0.6 is 0 Å². The molecule has 7 nitrogen and oxygen atoms in total. The molecule has 0 atom stereocenters. The number of carboxylic acid groups (broad SMARTS) is 1. The van der Waals surface area contributed by atoms with Crippen LogP contribution in [0.1, 0.15) is 24.3 Å². The van der Waals surface area contributed by atoms with Gasteiger partial charge in [-0.3, -0.25) is 14.4 Å². The largest absolute Gasteiger partial charge is 0.481 e. The summed E-state index contributed by atoms with van der Waals surface area (Å²) in [6.07, 6.45) is 0. The highest BCUT2D eigenvalue weighted by molar-refractivity contribution is 5.92. The van der Waals surface area contributed by atoms with Crippen molar-refractivity contribution in [1.29, 1.82) is 0 Å². The fourth-order valence-corrected chi connectivity index (χ4v) is 1.75. The topological polar surface area (TPSA) is 101 Å². The first-order valence-electron chi connectivity index (χ1n) is 6.99. The van der Waals surface area contributed by atoms with Crippen LogP contribution in [0.5, 0.6) is 0 Å². The summed E-state index contributed by atoms with van der Waals surface area (Å²) in [5.74, 6) is -1.55. The summed E-state index contributed by atoms with van der Waals surface area (Å²) >= 11 is 0. The average molecular weight is 315 g/mol. The number of carboxylic acids is 1. The first-order chi connectivity index (χ1) is 10.8. The summed E-state index contributed by atoms with van der Waals surface area (Å²) in [6, 6.07) is 11.3. The second kappa shape index (κ2) is 6.43. The van der Waals surface area contributed by atoms with E-state index >= 15 is 0 Å². The molecule has 120 valence electrons. The summed E-state index contributed by atoms with van der Waals surface area (Å²) in [6.45, 7) is 2.97. The third kappa shape index (κ3) is 3.82. The Labute approximate surface area is 132 Å². The molecule has 1 heterocycles. The van der Waals surface area contributed by atoms with Crippen LogP contribution in [-0.4, -0.2) is 33.3 Å². The molecule has 0 saturated carbocycles. The Morgan fingerprint density at radius 2 is 1.83 bits per heavy atom. The van der Waals surface area contributed by atoms with Crippen molar-refractivity contribution in [3.8, 4) is 5.69 Å². The van der Waals surface area contributed by atoms with E-state index in [1.54, 1.807) is 30.3 Å². The maximum absolute atomic E-state index is 12.1. The average Bonchev–Trinajstić information content (AvgIpc) is 2.54. The molecule has 0 bridgehead atoms. The first-order valence-corrected chi connectivity index (χ1v) is 6.99. The zero-order valence-corrected chi connectivity index (χ0v) is 12.8. The minimum atomic E-state index is -1.09. The number of benzene rings is 1. The summed E-state index contributed by atoms with van der Waals surface area (Å²) in [5.41, 5.74) is -0.880. The van der Waals surface area contributed by atoms with E-state index in [1.165, 1.54) is 26.0 Å². The fraction of sp³-hybridized carbons (Fsp3) is 0.250. The van der Waals surface area contributed by atoms with Gasteiger partial charge in [0.05, 0.1) is 11.1 Å². The monoisotopic (exact) mass is 315 g/mol. The number of para-hydroxylation sites is 1. The molecule has 0 aliphatic rings. The van der Waals surface area contributed by atoms with E-state index in [4.69, 9.17) is 5.11 Å². The molecule has 1 amide bonds. The second-order valence-electron chi connectivity index (χ2n) is 5.68. The summed E-state index contributed by atoms with van der Waals surface area (Å²) in [5, 5.41) is 15.6. The third-order valence-electron chi connectivity index (χ3n) is 3.30. The lowest BCUT2D eigenvalue weighted by Crippen LogP contribution is -2.39. The highest BCUT2D eigenvalue weighted by atomic mass is 16.4. The lowest BCUT2D eigenvalue weighted by molar-refractivity contribution is -0.146. The SMILES string of the molecule is CC(C)(CNC(=O)c1ccc(=O)n(-c2ccccc2)n1)C(=O)O. The van der Waals surface area contributed by atoms with Crippen molar-refractivity contribution in [3.05, 3.63) is 58.5 Å². The molecule has 0 aliphatic carbocycles. The number of nitrogens with one attached hydrogen (secondary N) is 1. The first kappa shape index (κ1) is 16.4. The van der Waals surface area contributed by atoms with Crippen molar-refractivity contribution in [2.24, 2.45) is 5.41 Å². The van der Waals surface area contributed by atoms with Gasteiger partial charge in [-0.25, -0.2) is 0 Å². The Balaban J connectivity index is 2.23. The lowest BCUT2D eigenvalue weighted by atomic mass is 9.94. The Morgan fingerprint density at radius 1 is 1.17 bits per heavy atom. The molecule has 2 rings (SSSR count). The quantitative estimate of drug-likeness (QED) is 0.859. The minimum Gasteiger partial charge on any atom is -0.481 e. The second-order valence-corrected chi connectivity index (χ2v) is 5.68. The van der Waals surface area contributed by atoms with Crippen molar-refractivity contribution in [1.82, 2.24) is 15.1 Å². The van der Waals surface area contributed by atoms with E-state index in [-0.39, 0.29) is 17.8 Å². The fourth-order valence-electron chi connectivity index (χ4n) is 1.75. The lowest BCUT2D eigenvalue weighted by Gasteiger charge is -2.19. The molecule has 2 N–H and O–H groups in total. The normalized spacial score (nSPS) is 11.0. The van der Waals surface area contributed by atoms with Gasteiger partial charge >= 0.3 is 5.97 Å².